The minimum absolute atomic E-state index is 0.162. The van der Waals surface area contributed by atoms with Crippen LogP contribution in [0.3, 0.4) is 0 Å². The molecule has 1 saturated heterocycles. The average Bonchev–Trinajstić information content (AvgIpc) is 2.71. The van der Waals surface area contributed by atoms with Crippen molar-refractivity contribution in [2.45, 2.75) is 84.1 Å². The van der Waals surface area contributed by atoms with Crippen LogP contribution < -0.4 is 0 Å². The van der Waals surface area contributed by atoms with Gasteiger partial charge in [-0.15, -0.1) is 0 Å². The van der Waals surface area contributed by atoms with Crippen LogP contribution in [0.2, 0.25) is 0 Å². The van der Waals surface area contributed by atoms with Gasteiger partial charge in [0.15, 0.2) is 24.6 Å². The smallest absolute Gasteiger partial charge is 0.305 e. The molecule has 12 nitrogen and oxygen atoms in total. The number of esters is 5. The first-order valence-electron chi connectivity index (χ1n) is 10.5. The van der Waals surface area contributed by atoms with E-state index in [1.165, 1.54) is 14.0 Å². The van der Waals surface area contributed by atoms with E-state index in [0.29, 0.717) is 19.3 Å². The van der Waals surface area contributed by atoms with E-state index in [2.05, 4.69) is 4.74 Å². The normalized spacial score (nSPS) is 24.3. The molecule has 1 aliphatic rings. The highest BCUT2D eigenvalue weighted by atomic mass is 16.7. The summed E-state index contributed by atoms with van der Waals surface area (Å²) in [5.41, 5.74) is 0. The Hall–Kier alpha value is -2.73. The van der Waals surface area contributed by atoms with Gasteiger partial charge in [0.1, 0.15) is 12.7 Å². The Kier molecular flexibility index (Phi) is 12.4. The summed E-state index contributed by atoms with van der Waals surface area (Å²) in [6.45, 7) is 4.47. The summed E-state index contributed by atoms with van der Waals surface area (Å²) in [5.74, 6) is -3.04. The van der Waals surface area contributed by atoms with Gasteiger partial charge in [0.05, 0.1) is 7.11 Å². The number of carbonyl (C=O) groups excluding carboxylic acids is 5. The molecule has 0 amide bonds. The fraction of sp³-hybridized carbons (Fsp3) is 0.762. The van der Waals surface area contributed by atoms with Crippen molar-refractivity contribution in [1.29, 1.82) is 0 Å². The molecule has 0 N–H and O–H groups in total. The zero-order chi connectivity index (χ0) is 25.0. The molecule has 0 aromatic heterocycles. The molecule has 5 atom stereocenters. The molecule has 33 heavy (non-hydrogen) atoms. The first-order chi connectivity index (χ1) is 15.5. The summed E-state index contributed by atoms with van der Waals surface area (Å²) >= 11 is 0. The summed E-state index contributed by atoms with van der Waals surface area (Å²) in [4.78, 5) is 57.6. The van der Waals surface area contributed by atoms with Crippen molar-refractivity contribution < 1.29 is 57.1 Å². The molecule has 0 aromatic rings. The highest BCUT2D eigenvalue weighted by Crippen LogP contribution is 2.30. The number of hydrogen-bond donors (Lipinski definition) is 0. The monoisotopic (exact) mass is 476 g/mol. The van der Waals surface area contributed by atoms with Crippen LogP contribution in [-0.2, 0) is 57.1 Å². The van der Waals surface area contributed by atoms with Gasteiger partial charge in [-0.25, -0.2) is 0 Å². The highest BCUT2D eigenvalue weighted by Gasteiger charge is 2.52. The van der Waals surface area contributed by atoms with Crippen molar-refractivity contribution in [3.8, 4) is 0 Å². The molecule has 0 bridgehead atoms. The summed E-state index contributed by atoms with van der Waals surface area (Å²) < 4.78 is 37.0. The number of methoxy groups -OCH3 is 1. The molecule has 0 aliphatic carbocycles. The van der Waals surface area contributed by atoms with E-state index in [0.717, 1.165) is 20.8 Å². The first-order valence-corrected chi connectivity index (χ1v) is 10.5. The molecule has 0 aromatic carbocycles. The van der Waals surface area contributed by atoms with E-state index in [-0.39, 0.29) is 25.6 Å². The van der Waals surface area contributed by atoms with Crippen molar-refractivity contribution in [2.75, 3.05) is 20.3 Å². The predicted octanol–water partition coefficient (Wildman–Crippen LogP) is 0.820. The second-order valence-corrected chi connectivity index (χ2v) is 7.33. The number of rotatable bonds is 12. The summed E-state index contributed by atoms with van der Waals surface area (Å²) in [7, 11) is 1.32. The van der Waals surface area contributed by atoms with Gasteiger partial charge in [-0.3, -0.25) is 24.0 Å². The van der Waals surface area contributed by atoms with Gasteiger partial charge in [0.25, 0.3) is 0 Å². The predicted molar refractivity (Wildman–Crippen MR) is 108 cm³/mol. The molecular formula is C21H32O12. The Morgan fingerprint density at radius 1 is 0.727 bits per heavy atom. The molecule has 0 unspecified atom stereocenters. The summed E-state index contributed by atoms with van der Waals surface area (Å²) in [6, 6.07) is 0. The average molecular weight is 476 g/mol. The van der Waals surface area contributed by atoms with E-state index in [4.69, 9.17) is 28.4 Å². The van der Waals surface area contributed by atoms with Crippen LogP contribution in [0.1, 0.15) is 53.4 Å². The van der Waals surface area contributed by atoms with Crippen LogP contribution in [0.4, 0.5) is 0 Å². The van der Waals surface area contributed by atoms with Crippen LogP contribution in [0.5, 0.6) is 0 Å². The number of carbonyl (C=O) groups is 5. The quantitative estimate of drug-likeness (QED) is 0.223. The van der Waals surface area contributed by atoms with Gasteiger partial charge in [0.2, 0.25) is 0 Å². The molecule has 0 saturated carbocycles. The molecule has 1 aliphatic heterocycles. The van der Waals surface area contributed by atoms with Crippen LogP contribution >= 0.6 is 0 Å². The second kappa shape index (κ2) is 14.4. The maximum absolute atomic E-state index is 11.8. The minimum Gasteiger partial charge on any atom is -0.469 e. The van der Waals surface area contributed by atoms with Crippen LogP contribution in [0, 0.1) is 0 Å². The molecule has 1 heterocycles. The second-order valence-electron chi connectivity index (χ2n) is 7.33. The Morgan fingerprint density at radius 3 is 1.85 bits per heavy atom. The lowest BCUT2D eigenvalue weighted by molar-refractivity contribution is -0.308. The molecular weight excluding hydrogens is 444 g/mol. The van der Waals surface area contributed by atoms with E-state index < -0.39 is 54.6 Å². The Morgan fingerprint density at radius 2 is 1.30 bits per heavy atom. The fourth-order valence-electron chi connectivity index (χ4n) is 3.17. The number of unbranched alkanes of at least 4 members (excludes halogenated alkanes) is 2. The Labute approximate surface area is 192 Å². The molecule has 1 rings (SSSR count). The van der Waals surface area contributed by atoms with Gasteiger partial charge < -0.3 is 33.2 Å². The molecule has 1 fully saturated rings. The lowest BCUT2D eigenvalue weighted by Crippen LogP contribution is -2.63. The molecule has 12 heteroatoms. The molecule has 188 valence electrons. The number of ether oxygens (including phenoxy) is 7. The molecule has 0 radical (unpaired) electrons. The first kappa shape index (κ1) is 28.3. The standard InChI is InChI=1S/C21H32O12/c1-12(22)29-11-16-18(30-13(2)23)19(31-14(3)24)20(32-15(4)25)21(33-16)28-10-8-6-7-9-17(26)27-5/h16,18-21H,6-11H2,1-5H3/t16-,18-,19+,20-,21+/m1/s1. The van der Waals surface area contributed by atoms with Crippen LogP contribution in [0.15, 0.2) is 0 Å². The van der Waals surface area contributed by atoms with Gasteiger partial charge in [-0.05, 0) is 12.8 Å². The van der Waals surface area contributed by atoms with Gasteiger partial charge in [0, 0.05) is 40.7 Å². The minimum atomic E-state index is -1.27. The zero-order valence-electron chi connectivity index (χ0n) is 19.5. The Bertz CT molecular complexity index is 691. The largest absolute Gasteiger partial charge is 0.469 e. The van der Waals surface area contributed by atoms with Gasteiger partial charge in [-0.2, -0.15) is 0 Å². The zero-order valence-corrected chi connectivity index (χ0v) is 19.5. The van der Waals surface area contributed by atoms with Crippen molar-refractivity contribution in [3.05, 3.63) is 0 Å². The van der Waals surface area contributed by atoms with E-state index in [1.54, 1.807) is 0 Å². The number of hydrogen-bond acceptors (Lipinski definition) is 12. The maximum Gasteiger partial charge on any atom is 0.305 e. The molecule has 0 spiro atoms. The van der Waals surface area contributed by atoms with E-state index >= 15 is 0 Å². The van der Waals surface area contributed by atoms with Crippen molar-refractivity contribution in [3.63, 3.8) is 0 Å². The SMILES string of the molecule is COC(=O)CCCCCO[C@H]1O[C@H](COC(C)=O)[C@@H](OC(C)=O)[C@H](OC(C)=O)[C@H]1OC(C)=O. The fourth-order valence-corrected chi connectivity index (χ4v) is 3.17. The van der Waals surface area contributed by atoms with E-state index in [1.807, 2.05) is 0 Å². The maximum atomic E-state index is 11.8. The van der Waals surface area contributed by atoms with Crippen molar-refractivity contribution in [2.24, 2.45) is 0 Å². The highest BCUT2D eigenvalue weighted by molar-refractivity contribution is 5.69. The van der Waals surface area contributed by atoms with Crippen molar-refractivity contribution in [1.82, 2.24) is 0 Å². The van der Waals surface area contributed by atoms with Crippen molar-refractivity contribution >= 4 is 29.8 Å². The third-order valence-corrected chi connectivity index (χ3v) is 4.48. The topological polar surface area (TPSA) is 150 Å². The lowest BCUT2D eigenvalue weighted by Gasteiger charge is -2.44. The summed E-state index contributed by atoms with van der Waals surface area (Å²) in [5, 5.41) is 0. The summed E-state index contributed by atoms with van der Waals surface area (Å²) in [6.07, 6.45) is -3.94. The van der Waals surface area contributed by atoms with E-state index in [9.17, 15) is 24.0 Å². The van der Waals surface area contributed by atoms with Gasteiger partial charge in [-0.1, -0.05) is 6.42 Å². The van der Waals surface area contributed by atoms with Gasteiger partial charge >= 0.3 is 29.8 Å². The third kappa shape index (κ3) is 10.6. The third-order valence-electron chi connectivity index (χ3n) is 4.48. The van der Waals surface area contributed by atoms with Crippen LogP contribution in [0.25, 0.3) is 0 Å². The Balaban J connectivity index is 3.00. The lowest BCUT2D eigenvalue weighted by atomic mass is 9.98. The van der Waals surface area contributed by atoms with Crippen LogP contribution in [-0.4, -0.2) is 80.9 Å².